The van der Waals surface area contributed by atoms with Crippen LogP contribution in [0.1, 0.15) is 72.5 Å². The first-order valence-electron chi connectivity index (χ1n) is 12.7. The normalized spacial score (nSPS) is 49.1. The van der Waals surface area contributed by atoms with Crippen molar-refractivity contribution in [1.82, 2.24) is 0 Å². The molecule has 0 N–H and O–H groups in total. The molecule has 35 heavy (non-hydrogen) atoms. The molecule has 188 valence electrons. The molecule has 2 saturated carbocycles. The first kappa shape index (κ1) is 23.0. The monoisotopic (exact) mass is 482 g/mol. The van der Waals surface area contributed by atoms with Gasteiger partial charge >= 0.3 is 11.9 Å². The Labute approximate surface area is 205 Å². The smallest absolute Gasteiger partial charge is 0.339 e. The summed E-state index contributed by atoms with van der Waals surface area (Å²) in [5, 5.41) is 0. The van der Waals surface area contributed by atoms with Crippen LogP contribution in [0.3, 0.4) is 0 Å². The quantitative estimate of drug-likeness (QED) is 0.450. The van der Waals surface area contributed by atoms with Crippen molar-refractivity contribution in [3.05, 3.63) is 36.3 Å². The largest absolute Gasteiger partial charge is 0.472 e. The molecular formula is C28H34O7. The van der Waals surface area contributed by atoms with Gasteiger partial charge < -0.3 is 18.6 Å². The van der Waals surface area contributed by atoms with Gasteiger partial charge in [-0.05, 0) is 48.7 Å². The number of esters is 2. The lowest BCUT2D eigenvalue weighted by atomic mass is 9.35. The van der Waals surface area contributed by atoms with Crippen LogP contribution < -0.4 is 0 Å². The zero-order valence-electron chi connectivity index (χ0n) is 21.3. The maximum Gasteiger partial charge on any atom is 0.339 e. The number of hydrogen-bond donors (Lipinski definition) is 0. The molecule has 1 unspecified atom stereocenters. The summed E-state index contributed by atoms with van der Waals surface area (Å²) >= 11 is 0. The van der Waals surface area contributed by atoms with Crippen LogP contribution in [-0.4, -0.2) is 35.5 Å². The van der Waals surface area contributed by atoms with Crippen LogP contribution >= 0.6 is 0 Å². The predicted molar refractivity (Wildman–Crippen MR) is 124 cm³/mol. The molecule has 0 amide bonds. The Morgan fingerprint density at radius 1 is 1.09 bits per heavy atom. The summed E-state index contributed by atoms with van der Waals surface area (Å²) in [6, 6.07) is 1.84. The second kappa shape index (κ2) is 6.67. The second-order valence-corrected chi connectivity index (χ2v) is 12.6. The standard InChI is InChI=1S/C28H34O7/c1-15(29)33-20-13-18-24(2,3)19(30)8-10-25(18,4)17-7-11-26(5)21(16-9-12-32-14-16)34-23(31)22-28(26,35-22)27(17,20)6/h8-10,12,14,17-18,20-22H,7,11,13H2,1-6H3/t17-,18-,20?,21+,22-,25-,26+,27+,28-/m1/s1. The number of rotatable bonds is 2. The Hall–Kier alpha value is -2.41. The van der Waals surface area contributed by atoms with Gasteiger partial charge in [-0.1, -0.05) is 40.7 Å². The lowest BCUT2D eigenvalue weighted by Crippen LogP contribution is -2.72. The SMILES string of the molecule is CC(=O)OC1C[C@@H]2C(C)(C)C(=O)C=C[C@]2(C)[C@H]2CC[C@@]3(C)[C@H](c4ccoc4)OC(=O)[C@H]4O[C@]43[C@]12C. The minimum Gasteiger partial charge on any atom is -0.472 e. The number of ketones is 1. The minimum atomic E-state index is -0.853. The van der Waals surface area contributed by atoms with E-state index < -0.39 is 40.2 Å². The minimum absolute atomic E-state index is 0.00639. The number of cyclic esters (lactones) is 1. The van der Waals surface area contributed by atoms with Gasteiger partial charge in [-0.15, -0.1) is 0 Å². The molecule has 3 heterocycles. The maximum absolute atomic E-state index is 13.2. The van der Waals surface area contributed by atoms with Gasteiger partial charge in [0.2, 0.25) is 0 Å². The highest BCUT2D eigenvalue weighted by Crippen LogP contribution is 2.79. The van der Waals surface area contributed by atoms with Gasteiger partial charge in [0.05, 0.1) is 12.5 Å². The molecule has 5 aliphatic rings. The molecule has 1 spiro atoms. The molecule has 2 saturated heterocycles. The van der Waals surface area contributed by atoms with Gasteiger partial charge in [-0.2, -0.15) is 0 Å². The summed E-state index contributed by atoms with van der Waals surface area (Å²) < 4.78 is 24.0. The van der Waals surface area contributed by atoms with Gasteiger partial charge in [0.15, 0.2) is 11.9 Å². The van der Waals surface area contributed by atoms with Gasteiger partial charge in [-0.3, -0.25) is 9.59 Å². The Kier molecular flexibility index (Phi) is 4.38. The first-order valence-corrected chi connectivity index (χ1v) is 12.7. The summed E-state index contributed by atoms with van der Waals surface area (Å²) in [5.41, 5.74) is -2.15. The van der Waals surface area contributed by atoms with E-state index in [0.717, 1.165) is 18.4 Å². The van der Waals surface area contributed by atoms with Gasteiger partial charge in [0.25, 0.3) is 0 Å². The maximum atomic E-state index is 13.2. The Balaban J connectivity index is 1.55. The average molecular weight is 483 g/mol. The summed E-state index contributed by atoms with van der Waals surface area (Å²) in [6.07, 6.45) is 7.46. The number of allylic oxidation sites excluding steroid dienone is 2. The van der Waals surface area contributed by atoms with E-state index in [0.29, 0.717) is 6.42 Å². The van der Waals surface area contributed by atoms with Crippen molar-refractivity contribution in [3.8, 4) is 0 Å². The van der Waals surface area contributed by atoms with Crippen LogP contribution in [-0.2, 0) is 28.6 Å². The highest BCUT2D eigenvalue weighted by Gasteiger charge is 2.88. The van der Waals surface area contributed by atoms with E-state index in [1.807, 2.05) is 19.9 Å². The van der Waals surface area contributed by atoms with Crippen molar-refractivity contribution >= 4 is 17.7 Å². The Bertz CT molecular complexity index is 1150. The number of ether oxygens (including phenoxy) is 3. The lowest BCUT2D eigenvalue weighted by Gasteiger charge is -2.68. The van der Waals surface area contributed by atoms with E-state index in [-0.39, 0.29) is 35.0 Å². The van der Waals surface area contributed by atoms with Crippen molar-refractivity contribution in [3.63, 3.8) is 0 Å². The first-order chi connectivity index (χ1) is 16.3. The van der Waals surface area contributed by atoms with Gasteiger partial charge in [0.1, 0.15) is 17.8 Å². The average Bonchev–Trinajstić information content (AvgIpc) is 3.35. The van der Waals surface area contributed by atoms with E-state index in [1.54, 1.807) is 18.6 Å². The summed E-state index contributed by atoms with van der Waals surface area (Å²) in [5.74, 6) is -0.603. The summed E-state index contributed by atoms with van der Waals surface area (Å²) in [7, 11) is 0. The van der Waals surface area contributed by atoms with Crippen molar-refractivity contribution in [2.45, 2.75) is 84.7 Å². The van der Waals surface area contributed by atoms with Crippen molar-refractivity contribution < 1.29 is 33.0 Å². The molecule has 4 fully saturated rings. The van der Waals surface area contributed by atoms with Crippen molar-refractivity contribution in [1.29, 1.82) is 0 Å². The molecule has 6 rings (SSSR count). The van der Waals surface area contributed by atoms with Crippen LogP contribution in [0.5, 0.6) is 0 Å². The molecule has 0 aromatic carbocycles. The highest BCUT2D eigenvalue weighted by molar-refractivity contribution is 5.95. The topological polar surface area (TPSA) is 95.3 Å². The summed E-state index contributed by atoms with van der Waals surface area (Å²) in [6.45, 7) is 12.0. The van der Waals surface area contributed by atoms with E-state index in [9.17, 15) is 14.4 Å². The van der Waals surface area contributed by atoms with Crippen LogP contribution in [0.25, 0.3) is 0 Å². The third-order valence-electron chi connectivity index (χ3n) is 10.8. The number of epoxide rings is 1. The molecule has 2 aliphatic heterocycles. The molecule has 7 heteroatoms. The summed E-state index contributed by atoms with van der Waals surface area (Å²) in [4.78, 5) is 38.6. The number of carbonyl (C=O) groups is 3. The third-order valence-corrected chi connectivity index (χ3v) is 10.8. The van der Waals surface area contributed by atoms with E-state index in [1.165, 1.54) is 6.92 Å². The Morgan fingerprint density at radius 3 is 2.49 bits per heavy atom. The zero-order valence-corrected chi connectivity index (χ0v) is 21.3. The van der Waals surface area contributed by atoms with Crippen LogP contribution in [0.4, 0.5) is 0 Å². The molecule has 7 nitrogen and oxygen atoms in total. The molecule has 9 atom stereocenters. The number of hydrogen-bond acceptors (Lipinski definition) is 7. The van der Waals surface area contributed by atoms with E-state index >= 15 is 0 Å². The molecule has 0 bridgehead atoms. The van der Waals surface area contributed by atoms with Crippen LogP contribution in [0, 0.1) is 33.5 Å². The predicted octanol–water partition coefficient (Wildman–Crippen LogP) is 4.56. The second-order valence-electron chi connectivity index (χ2n) is 12.6. The number of carbonyl (C=O) groups excluding carboxylic acids is 3. The van der Waals surface area contributed by atoms with Gasteiger partial charge in [0, 0.05) is 28.7 Å². The number of furan rings is 1. The number of fused-ring (bicyclic) bond motifs is 3. The molecule has 3 aliphatic carbocycles. The van der Waals surface area contributed by atoms with E-state index in [4.69, 9.17) is 18.6 Å². The molecule has 0 radical (unpaired) electrons. The lowest BCUT2D eigenvalue weighted by molar-refractivity contribution is -0.251. The molecular weight excluding hydrogens is 448 g/mol. The fraction of sp³-hybridized carbons (Fsp3) is 0.679. The van der Waals surface area contributed by atoms with Crippen molar-refractivity contribution in [2.75, 3.05) is 0 Å². The molecule has 1 aromatic rings. The Morgan fingerprint density at radius 2 is 1.83 bits per heavy atom. The van der Waals surface area contributed by atoms with Gasteiger partial charge in [-0.25, -0.2) is 4.79 Å². The fourth-order valence-corrected chi connectivity index (χ4v) is 9.20. The highest BCUT2D eigenvalue weighted by atomic mass is 16.7. The third kappa shape index (κ3) is 2.48. The molecule has 1 aromatic heterocycles. The van der Waals surface area contributed by atoms with Crippen molar-refractivity contribution in [2.24, 2.45) is 33.5 Å². The zero-order chi connectivity index (χ0) is 25.2. The van der Waals surface area contributed by atoms with Crippen LogP contribution in [0.2, 0.25) is 0 Å². The van der Waals surface area contributed by atoms with Crippen LogP contribution in [0.15, 0.2) is 35.2 Å². The fourth-order valence-electron chi connectivity index (χ4n) is 9.20. The van der Waals surface area contributed by atoms with E-state index in [2.05, 4.69) is 26.8 Å².